The van der Waals surface area contributed by atoms with Gasteiger partial charge in [-0.2, -0.15) is 0 Å². The summed E-state index contributed by atoms with van der Waals surface area (Å²) in [4.78, 5) is 17.4. The monoisotopic (exact) mass is 242 g/mol. The van der Waals surface area contributed by atoms with Crippen molar-refractivity contribution < 1.29 is 4.79 Å². The van der Waals surface area contributed by atoms with Gasteiger partial charge in [-0.05, 0) is 19.4 Å². The Balaban J connectivity index is 2.13. The zero-order chi connectivity index (χ0) is 12.7. The van der Waals surface area contributed by atoms with Gasteiger partial charge in [-0.25, -0.2) is 4.79 Å². The number of aliphatic imine (C=N–C) groups is 1. The molecular weight excluding hydrogens is 220 g/mol. The van der Waals surface area contributed by atoms with Crippen LogP contribution in [0.3, 0.4) is 0 Å². The van der Waals surface area contributed by atoms with Crippen molar-refractivity contribution in [3.8, 4) is 0 Å². The average molecular weight is 242 g/mol. The molecular formula is C10H22N6O. The standard InChI is InChI=1S/C10H22N6O/c1-13-10(17)15-8-3-6-16(7-8)5-2-4-14-9(11)12/h8H,2-7H2,1H3,(H4,11,12,14)(H2,13,15,17)/t8-/m0/s1. The molecule has 0 aromatic carbocycles. The molecule has 2 amide bonds. The third-order valence-electron chi connectivity index (χ3n) is 2.76. The van der Waals surface area contributed by atoms with Crippen molar-refractivity contribution in [1.29, 1.82) is 0 Å². The summed E-state index contributed by atoms with van der Waals surface area (Å²) < 4.78 is 0. The molecule has 0 aliphatic carbocycles. The Morgan fingerprint density at radius 2 is 2.29 bits per heavy atom. The van der Waals surface area contributed by atoms with E-state index in [1.165, 1.54) is 0 Å². The lowest BCUT2D eigenvalue weighted by molar-refractivity contribution is 0.238. The smallest absolute Gasteiger partial charge is 0.314 e. The first-order chi connectivity index (χ1) is 8.11. The minimum Gasteiger partial charge on any atom is -0.370 e. The summed E-state index contributed by atoms with van der Waals surface area (Å²) in [5.41, 5.74) is 10.5. The summed E-state index contributed by atoms with van der Waals surface area (Å²) in [7, 11) is 1.62. The maximum Gasteiger partial charge on any atom is 0.314 e. The number of likely N-dealkylation sites (tertiary alicyclic amines) is 1. The van der Waals surface area contributed by atoms with Crippen molar-refractivity contribution in [2.45, 2.75) is 18.9 Å². The molecule has 0 radical (unpaired) electrons. The van der Waals surface area contributed by atoms with E-state index in [0.29, 0.717) is 6.54 Å². The predicted octanol–water partition coefficient (Wildman–Crippen LogP) is -1.35. The number of amides is 2. The van der Waals surface area contributed by atoms with E-state index in [4.69, 9.17) is 11.5 Å². The molecule has 1 atom stereocenters. The van der Waals surface area contributed by atoms with Gasteiger partial charge in [-0.3, -0.25) is 4.99 Å². The molecule has 1 aliphatic heterocycles. The second-order valence-corrected chi connectivity index (χ2v) is 4.17. The van der Waals surface area contributed by atoms with Crippen LogP contribution in [0.25, 0.3) is 0 Å². The van der Waals surface area contributed by atoms with Crippen LogP contribution in [-0.4, -0.2) is 56.2 Å². The number of carbonyl (C=O) groups is 1. The van der Waals surface area contributed by atoms with Crippen LogP contribution in [0.5, 0.6) is 0 Å². The molecule has 0 aromatic heterocycles. The summed E-state index contributed by atoms with van der Waals surface area (Å²) >= 11 is 0. The van der Waals surface area contributed by atoms with Gasteiger partial charge in [-0.1, -0.05) is 0 Å². The molecule has 0 unspecified atom stereocenters. The van der Waals surface area contributed by atoms with E-state index < -0.39 is 0 Å². The molecule has 0 saturated carbocycles. The lowest BCUT2D eigenvalue weighted by Gasteiger charge is -2.15. The lowest BCUT2D eigenvalue weighted by atomic mass is 10.3. The van der Waals surface area contributed by atoms with Crippen LogP contribution in [0.4, 0.5) is 4.79 Å². The van der Waals surface area contributed by atoms with Crippen LogP contribution in [0, 0.1) is 0 Å². The van der Waals surface area contributed by atoms with Gasteiger partial charge in [0.15, 0.2) is 5.96 Å². The topological polar surface area (TPSA) is 109 Å². The van der Waals surface area contributed by atoms with Gasteiger partial charge in [-0.15, -0.1) is 0 Å². The molecule has 0 bridgehead atoms. The molecule has 1 heterocycles. The van der Waals surface area contributed by atoms with E-state index >= 15 is 0 Å². The van der Waals surface area contributed by atoms with E-state index in [9.17, 15) is 4.79 Å². The first kappa shape index (κ1) is 13.6. The Kier molecular flexibility index (Phi) is 5.55. The normalized spacial score (nSPS) is 19.9. The minimum atomic E-state index is -0.114. The molecule has 0 spiro atoms. The highest BCUT2D eigenvalue weighted by Gasteiger charge is 2.22. The van der Waals surface area contributed by atoms with Gasteiger partial charge in [0.05, 0.1) is 0 Å². The van der Waals surface area contributed by atoms with Gasteiger partial charge in [0, 0.05) is 32.7 Å². The molecule has 1 aliphatic rings. The van der Waals surface area contributed by atoms with Crippen molar-refractivity contribution in [2.24, 2.45) is 16.5 Å². The lowest BCUT2D eigenvalue weighted by Crippen LogP contribution is -2.42. The molecule has 98 valence electrons. The van der Waals surface area contributed by atoms with Crippen molar-refractivity contribution >= 4 is 12.0 Å². The summed E-state index contributed by atoms with van der Waals surface area (Å²) in [5.74, 6) is 0.144. The molecule has 7 nitrogen and oxygen atoms in total. The van der Waals surface area contributed by atoms with Gasteiger partial charge >= 0.3 is 6.03 Å². The fourth-order valence-corrected chi connectivity index (χ4v) is 1.91. The second kappa shape index (κ2) is 6.95. The van der Waals surface area contributed by atoms with Gasteiger partial charge in [0.1, 0.15) is 0 Å². The van der Waals surface area contributed by atoms with Crippen LogP contribution >= 0.6 is 0 Å². The maximum atomic E-state index is 11.1. The number of carbonyl (C=O) groups excluding carboxylic acids is 1. The Morgan fingerprint density at radius 1 is 1.53 bits per heavy atom. The number of rotatable bonds is 5. The highest BCUT2D eigenvalue weighted by atomic mass is 16.2. The summed E-state index contributed by atoms with van der Waals surface area (Å²) in [6, 6.07) is 0.135. The quantitative estimate of drug-likeness (QED) is 0.271. The van der Waals surface area contributed by atoms with E-state index in [1.54, 1.807) is 7.05 Å². The van der Waals surface area contributed by atoms with E-state index in [-0.39, 0.29) is 18.0 Å². The van der Waals surface area contributed by atoms with Crippen molar-refractivity contribution in [1.82, 2.24) is 15.5 Å². The number of hydrogen-bond donors (Lipinski definition) is 4. The largest absolute Gasteiger partial charge is 0.370 e. The number of nitrogens with zero attached hydrogens (tertiary/aromatic N) is 2. The fraction of sp³-hybridized carbons (Fsp3) is 0.800. The fourth-order valence-electron chi connectivity index (χ4n) is 1.91. The maximum absolute atomic E-state index is 11.1. The zero-order valence-corrected chi connectivity index (χ0v) is 10.3. The summed E-state index contributed by atoms with van der Waals surface area (Å²) in [5, 5.41) is 5.47. The summed E-state index contributed by atoms with van der Waals surface area (Å²) in [6.07, 6.45) is 1.93. The Labute approximate surface area is 102 Å². The van der Waals surface area contributed by atoms with Crippen molar-refractivity contribution in [3.05, 3.63) is 0 Å². The molecule has 6 N–H and O–H groups in total. The Bertz CT molecular complexity index is 276. The number of hydrogen-bond acceptors (Lipinski definition) is 3. The van der Waals surface area contributed by atoms with Crippen LogP contribution in [0.2, 0.25) is 0 Å². The second-order valence-electron chi connectivity index (χ2n) is 4.17. The van der Waals surface area contributed by atoms with E-state index in [1.807, 2.05) is 0 Å². The van der Waals surface area contributed by atoms with Crippen LogP contribution in [0.1, 0.15) is 12.8 Å². The molecule has 1 saturated heterocycles. The Morgan fingerprint density at radius 3 is 2.94 bits per heavy atom. The predicted molar refractivity (Wildman–Crippen MR) is 67.7 cm³/mol. The van der Waals surface area contributed by atoms with Crippen LogP contribution in [0.15, 0.2) is 4.99 Å². The molecule has 0 aromatic rings. The SMILES string of the molecule is CNC(=O)N[C@H]1CCN(CCCN=C(N)N)C1. The first-order valence-electron chi connectivity index (χ1n) is 5.88. The highest BCUT2D eigenvalue weighted by molar-refractivity contribution is 5.75. The van der Waals surface area contributed by atoms with Crippen molar-refractivity contribution in [3.63, 3.8) is 0 Å². The van der Waals surface area contributed by atoms with Gasteiger partial charge in [0.2, 0.25) is 0 Å². The molecule has 7 heteroatoms. The number of guanidine groups is 1. The minimum absolute atomic E-state index is 0.114. The third kappa shape index (κ3) is 5.39. The molecule has 17 heavy (non-hydrogen) atoms. The Hall–Kier alpha value is -1.50. The third-order valence-corrected chi connectivity index (χ3v) is 2.76. The average Bonchev–Trinajstić information content (AvgIpc) is 2.72. The molecule has 1 rings (SSSR count). The number of urea groups is 1. The van der Waals surface area contributed by atoms with Crippen LogP contribution < -0.4 is 22.1 Å². The van der Waals surface area contributed by atoms with E-state index in [0.717, 1.165) is 32.5 Å². The van der Waals surface area contributed by atoms with Gasteiger partial charge < -0.3 is 27.0 Å². The zero-order valence-electron chi connectivity index (χ0n) is 10.3. The van der Waals surface area contributed by atoms with Gasteiger partial charge in [0.25, 0.3) is 0 Å². The van der Waals surface area contributed by atoms with Crippen LogP contribution in [-0.2, 0) is 0 Å². The first-order valence-corrected chi connectivity index (χ1v) is 5.88. The van der Waals surface area contributed by atoms with E-state index in [2.05, 4.69) is 20.5 Å². The highest BCUT2D eigenvalue weighted by Crippen LogP contribution is 2.09. The summed E-state index contributed by atoms with van der Waals surface area (Å²) in [6.45, 7) is 3.53. The number of nitrogens with one attached hydrogen (secondary N) is 2. The molecule has 1 fully saturated rings. The van der Waals surface area contributed by atoms with Crippen molar-refractivity contribution in [2.75, 3.05) is 33.2 Å². The number of nitrogens with two attached hydrogens (primary N) is 2.